The van der Waals surface area contributed by atoms with Crippen LogP contribution in [0, 0.1) is 17.0 Å². The molecule has 21 heavy (non-hydrogen) atoms. The molecule has 0 saturated carbocycles. The van der Waals surface area contributed by atoms with Crippen LogP contribution in [0.5, 0.6) is 0 Å². The molecule has 0 unspecified atom stereocenters. The highest BCUT2D eigenvalue weighted by Gasteiger charge is 2.10. The Kier molecular flexibility index (Phi) is 3.23. The van der Waals surface area contributed by atoms with Crippen LogP contribution in [0.25, 0.3) is 10.9 Å². The Labute approximate surface area is 120 Å². The summed E-state index contributed by atoms with van der Waals surface area (Å²) in [5, 5.41) is 14.9. The number of fused-ring (bicyclic) bond motifs is 1. The van der Waals surface area contributed by atoms with Crippen LogP contribution >= 0.6 is 0 Å². The van der Waals surface area contributed by atoms with E-state index in [1.165, 1.54) is 12.1 Å². The average Bonchev–Trinajstić information content (AvgIpc) is 2.97. The lowest BCUT2D eigenvalue weighted by Crippen LogP contribution is -2.02. The van der Waals surface area contributed by atoms with Gasteiger partial charge in [0.25, 0.3) is 5.69 Å². The van der Waals surface area contributed by atoms with Crippen LogP contribution in [0.2, 0.25) is 0 Å². The van der Waals surface area contributed by atoms with Crippen LogP contribution in [-0.2, 0) is 6.54 Å². The van der Waals surface area contributed by atoms with E-state index in [4.69, 9.17) is 0 Å². The van der Waals surface area contributed by atoms with Crippen LogP contribution in [0.4, 0.5) is 11.4 Å². The van der Waals surface area contributed by atoms with Gasteiger partial charge in [0.05, 0.1) is 29.0 Å². The van der Waals surface area contributed by atoms with Crippen molar-refractivity contribution in [3.05, 3.63) is 58.3 Å². The van der Waals surface area contributed by atoms with Crippen molar-refractivity contribution in [2.75, 3.05) is 5.32 Å². The summed E-state index contributed by atoms with van der Waals surface area (Å²) in [5.74, 6) is 0. The molecule has 3 rings (SSSR count). The highest BCUT2D eigenvalue weighted by Crippen LogP contribution is 2.27. The first-order valence-corrected chi connectivity index (χ1v) is 6.40. The van der Waals surface area contributed by atoms with E-state index in [2.05, 4.69) is 20.3 Å². The number of imidazole rings is 1. The van der Waals surface area contributed by atoms with Crippen LogP contribution in [0.3, 0.4) is 0 Å². The lowest BCUT2D eigenvalue weighted by molar-refractivity contribution is -0.384. The maximum atomic E-state index is 10.9. The fourth-order valence-corrected chi connectivity index (χ4v) is 2.18. The fourth-order valence-electron chi connectivity index (χ4n) is 2.18. The number of rotatable bonds is 4. The molecule has 0 spiro atoms. The molecular weight excluding hydrogens is 270 g/mol. The van der Waals surface area contributed by atoms with Gasteiger partial charge in [0.15, 0.2) is 0 Å². The fraction of sp³-hybridized carbons (Fsp3) is 0.143. The van der Waals surface area contributed by atoms with Crippen molar-refractivity contribution < 1.29 is 4.92 Å². The summed E-state index contributed by atoms with van der Waals surface area (Å²) in [7, 11) is 0. The van der Waals surface area contributed by atoms with E-state index < -0.39 is 4.92 Å². The van der Waals surface area contributed by atoms with E-state index in [0.29, 0.717) is 6.54 Å². The predicted molar refractivity (Wildman–Crippen MR) is 79.0 cm³/mol. The molecule has 7 nitrogen and oxygen atoms in total. The topological polar surface area (TPSA) is 96.7 Å². The van der Waals surface area contributed by atoms with Gasteiger partial charge in [-0.2, -0.15) is 0 Å². The second-order valence-corrected chi connectivity index (χ2v) is 4.70. The van der Waals surface area contributed by atoms with Crippen molar-refractivity contribution in [3.63, 3.8) is 0 Å². The van der Waals surface area contributed by atoms with Crippen molar-refractivity contribution in [3.8, 4) is 0 Å². The highest BCUT2D eigenvalue weighted by molar-refractivity contribution is 5.93. The molecule has 7 heteroatoms. The van der Waals surface area contributed by atoms with Crippen LogP contribution in [0.15, 0.2) is 36.8 Å². The minimum atomic E-state index is -0.405. The maximum Gasteiger partial charge on any atom is 0.270 e. The molecule has 2 heterocycles. The highest BCUT2D eigenvalue weighted by atomic mass is 16.6. The standard InChI is InChI=1S/C14H13N5O2/c1-9-4-14(16-7-10-6-15-8-17-10)12-5-11(19(20)21)2-3-13(12)18-9/h2-6,8H,7H2,1H3,(H,15,17)(H,16,18). The van der Waals surface area contributed by atoms with E-state index in [-0.39, 0.29) is 5.69 Å². The normalized spacial score (nSPS) is 10.7. The van der Waals surface area contributed by atoms with Gasteiger partial charge in [-0.1, -0.05) is 0 Å². The van der Waals surface area contributed by atoms with Crippen molar-refractivity contribution in [2.24, 2.45) is 0 Å². The molecule has 0 radical (unpaired) electrons. The number of nitrogens with one attached hydrogen (secondary N) is 2. The van der Waals surface area contributed by atoms with Gasteiger partial charge in [-0.15, -0.1) is 0 Å². The predicted octanol–water partition coefficient (Wildman–Crippen LogP) is 2.79. The maximum absolute atomic E-state index is 10.9. The summed E-state index contributed by atoms with van der Waals surface area (Å²) >= 11 is 0. The zero-order valence-corrected chi connectivity index (χ0v) is 11.3. The van der Waals surface area contributed by atoms with Gasteiger partial charge in [-0.05, 0) is 19.1 Å². The third-order valence-electron chi connectivity index (χ3n) is 3.16. The molecule has 106 valence electrons. The largest absolute Gasteiger partial charge is 0.379 e. The van der Waals surface area contributed by atoms with Crippen LogP contribution in [0.1, 0.15) is 11.4 Å². The summed E-state index contributed by atoms with van der Waals surface area (Å²) in [6.07, 6.45) is 3.34. The third kappa shape index (κ3) is 2.66. The summed E-state index contributed by atoms with van der Waals surface area (Å²) in [6.45, 7) is 2.45. The molecule has 0 saturated heterocycles. The van der Waals surface area contributed by atoms with Gasteiger partial charge in [0.1, 0.15) is 0 Å². The molecule has 2 N–H and O–H groups in total. The Morgan fingerprint density at radius 1 is 1.38 bits per heavy atom. The minimum Gasteiger partial charge on any atom is -0.379 e. The Morgan fingerprint density at radius 2 is 2.24 bits per heavy atom. The Morgan fingerprint density at radius 3 is 2.95 bits per heavy atom. The SMILES string of the molecule is Cc1cc(NCc2cnc[nH]2)c2cc([N+](=O)[O-])ccc2n1. The number of nitro groups is 1. The molecule has 0 atom stereocenters. The Balaban J connectivity index is 2.02. The smallest absolute Gasteiger partial charge is 0.270 e. The molecule has 0 aliphatic carbocycles. The number of nitrogens with zero attached hydrogens (tertiary/aromatic N) is 3. The van der Waals surface area contributed by atoms with Gasteiger partial charge >= 0.3 is 0 Å². The number of nitro benzene ring substituents is 1. The number of aromatic nitrogens is 3. The lowest BCUT2D eigenvalue weighted by atomic mass is 10.1. The van der Waals surface area contributed by atoms with E-state index in [9.17, 15) is 10.1 Å². The number of benzene rings is 1. The van der Waals surface area contributed by atoms with Crippen molar-refractivity contribution in [1.82, 2.24) is 15.0 Å². The number of anilines is 1. The zero-order chi connectivity index (χ0) is 14.8. The summed E-state index contributed by atoms with van der Waals surface area (Å²) in [5.41, 5.74) is 3.38. The quantitative estimate of drug-likeness (QED) is 0.567. The monoisotopic (exact) mass is 283 g/mol. The van der Waals surface area contributed by atoms with Gasteiger partial charge < -0.3 is 10.3 Å². The molecule has 0 aliphatic heterocycles. The summed E-state index contributed by atoms with van der Waals surface area (Å²) in [4.78, 5) is 21.9. The first-order valence-electron chi connectivity index (χ1n) is 6.40. The molecular formula is C14H13N5O2. The number of pyridine rings is 1. The Hall–Kier alpha value is -2.96. The first-order chi connectivity index (χ1) is 10.1. The molecule has 2 aromatic heterocycles. The third-order valence-corrected chi connectivity index (χ3v) is 3.16. The molecule has 0 amide bonds. The van der Waals surface area contributed by atoms with Crippen LogP contribution in [-0.4, -0.2) is 19.9 Å². The molecule has 1 aromatic carbocycles. The van der Waals surface area contributed by atoms with Crippen molar-refractivity contribution >= 4 is 22.3 Å². The zero-order valence-electron chi connectivity index (χ0n) is 11.3. The lowest BCUT2D eigenvalue weighted by Gasteiger charge is -2.10. The van der Waals surface area contributed by atoms with Crippen molar-refractivity contribution in [1.29, 1.82) is 0 Å². The number of non-ortho nitro benzene ring substituents is 1. The van der Waals surface area contributed by atoms with Gasteiger partial charge in [0.2, 0.25) is 0 Å². The molecule has 0 fully saturated rings. The average molecular weight is 283 g/mol. The van der Waals surface area contributed by atoms with Gasteiger partial charge in [-0.3, -0.25) is 15.1 Å². The van der Waals surface area contributed by atoms with Crippen molar-refractivity contribution in [2.45, 2.75) is 13.5 Å². The summed E-state index contributed by atoms with van der Waals surface area (Å²) < 4.78 is 0. The van der Waals surface area contributed by atoms with E-state index in [1.807, 2.05) is 13.0 Å². The summed E-state index contributed by atoms with van der Waals surface area (Å²) in [6, 6.07) is 6.55. The second-order valence-electron chi connectivity index (χ2n) is 4.70. The van der Waals surface area contributed by atoms with Gasteiger partial charge in [0, 0.05) is 35.1 Å². The number of H-pyrrole nitrogens is 1. The number of aromatic amines is 1. The minimum absolute atomic E-state index is 0.0535. The van der Waals surface area contributed by atoms with E-state index in [0.717, 1.165) is 28.0 Å². The van der Waals surface area contributed by atoms with Crippen LogP contribution < -0.4 is 5.32 Å². The molecule has 0 bridgehead atoms. The number of aryl methyl sites for hydroxylation is 1. The molecule has 3 aromatic rings. The second kappa shape index (κ2) is 5.20. The number of hydrogen-bond acceptors (Lipinski definition) is 5. The first kappa shape index (κ1) is 13.0. The number of hydrogen-bond donors (Lipinski definition) is 2. The molecule has 0 aliphatic rings. The van der Waals surface area contributed by atoms with E-state index >= 15 is 0 Å². The Bertz CT molecular complexity index is 798. The van der Waals surface area contributed by atoms with E-state index in [1.54, 1.807) is 18.6 Å². The van der Waals surface area contributed by atoms with Gasteiger partial charge in [-0.25, -0.2) is 4.98 Å².